The van der Waals surface area contributed by atoms with E-state index in [1.165, 1.54) is 0 Å². The highest BCUT2D eigenvalue weighted by Crippen LogP contribution is 2.14. The van der Waals surface area contributed by atoms with Crippen molar-refractivity contribution in [1.29, 1.82) is 5.26 Å². The Bertz CT molecular complexity index is 462. The molecule has 0 aliphatic rings. The summed E-state index contributed by atoms with van der Waals surface area (Å²) in [6.45, 7) is 5.88. The molecule has 0 fully saturated rings. The zero-order chi connectivity index (χ0) is 14.8. The number of carbonyl (C=O) groups is 1. The number of thioether (sulfide) groups is 1. The van der Waals surface area contributed by atoms with Crippen molar-refractivity contribution >= 4 is 17.7 Å². The molecule has 1 rings (SSSR count). The van der Waals surface area contributed by atoms with E-state index in [9.17, 15) is 4.79 Å². The minimum atomic E-state index is 0.218. The van der Waals surface area contributed by atoms with Crippen LogP contribution in [-0.4, -0.2) is 29.6 Å². The van der Waals surface area contributed by atoms with E-state index >= 15 is 0 Å². The number of amides is 1. The lowest BCUT2D eigenvalue weighted by atomic mass is 10.2. The van der Waals surface area contributed by atoms with E-state index in [1.54, 1.807) is 17.8 Å². The molecule has 20 heavy (non-hydrogen) atoms. The van der Waals surface area contributed by atoms with Crippen LogP contribution in [0.3, 0.4) is 0 Å². The summed E-state index contributed by atoms with van der Waals surface area (Å²) in [6.07, 6.45) is 2.00. The molecule has 4 heteroatoms. The van der Waals surface area contributed by atoms with Crippen LogP contribution in [0.2, 0.25) is 0 Å². The number of hydrogen-bond donors (Lipinski definition) is 0. The molecule has 0 aliphatic carbocycles. The van der Waals surface area contributed by atoms with Crippen LogP contribution in [0.4, 0.5) is 0 Å². The Morgan fingerprint density at radius 2 is 2.00 bits per heavy atom. The van der Waals surface area contributed by atoms with Crippen molar-refractivity contribution in [2.75, 3.05) is 18.8 Å². The molecule has 3 nitrogen and oxygen atoms in total. The minimum Gasteiger partial charge on any atom is -0.342 e. The van der Waals surface area contributed by atoms with Gasteiger partial charge in [-0.3, -0.25) is 4.79 Å². The predicted octanol–water partition coefficient (Wildman–Crippen LogP) is 3.44. The quantitative estimate of drug-likeness (QED) is 0.736. The van der Waals surface area contributed by atoms with Gasteiger partial charge in [-0.15, -0.1) is 11.8 Å². The van der Waals surface area contributed by atoms with Gasteiger partial charge in [0.15, 0.2) is 0 Å². The number of hydrogen-bond acceptors (Lipinski definition) is 3. The van der Waals surface area contributed by atoms with Gasteiger partial charge >= 0.3 is 0 Å². The predicted molar refractivity (Wildman–Crippen MR) is 84.5 cm³/mol. The number of rotatable bonds is 8. The summed E-state index contributed by atoms with van der Waals surface area (Å²) in [5.74, 6) is 1.50. The number of benzene rings is 1. The maximum atomic E-state index is 12.1. The number of carbonyl (C=O) groups excluding carboxylic acids is 1. The Labute approximate surface area is 126 Å². The largest absolute Gasteiger partial charge is 0.342 e. The second-order valence-electron chi connectivity index (χ2n) is 4.69. The van der Waals surface area contributed by atoms with Crippen LogP contribution in [0.1, 0.15) is 37.8 Å². The highest BCUT2D eigenvalue weighted by atomic mass is 32.2. The summed E-state index contributed by atoms with van der Waals surface area (Å²) in [4.78, 5) is 14.0. The second kappa shape index (κ2) is 9.44. The van der Waals surface area contributed by atoms with Crippen LogP contribution in [0.25, 0.3) is 0 Å². The first-order chi connectivity index (χ1) is 9.71. The fourth-order valence-electron chi connectivity index (χ4n) is 1.98. The first-order valence-electron chi connectivity index (χ1n) is 7.05. The first kappa shape index (κ1) is 16.6. The van der Waals surface area contributed by atoms with Gasteiger partial charge in [0.2, 0.25) is 5.91 Å². The van der Waals surface area contributed by atoms with E-state index in [2.05, 4.69) is 19.9 Å². The topological polar surface area (TPSA) is 44.1 Å². The van der Waals surface area contributed by atoms with Crippen molar-refractivity contribution in [3.05, 3.63) is 35.4 Å². The maximum absolute atomic E-state index is 12.1. The van der Waals surface area contributed by atoms with E-state index in [1.807, 2.05) is 23.1 Å². The molecule has 1 amide bonds. The average Bonchev–Trinajstić information content (AvgIpc) is 2.47. The zero-order valence-electron chi connectivity index (χ0n) is 12.3. The molecule has 0 saturated carbocycles. The molecular weight excluding hydrogens is 268 g/mol. The number of nitriles is 1. The van der Waals surface area contributed by atoms with Crippen molar-refractivity contribution in [3.63, 3.8) is 0 Å². The molecule has 0 radical (unpaired) electrons. The molecule has 1 aromatic carbocycles. The standard InChI is InChI=1S/C16H22N2OS/c1-3-8-18(9-4-2)16(19)13-20-12-15-7-5-6-14(10-15)11-17/h5-7,10H,3-4,8-9,12-13H2,1-2H3. The van der Waals surface area contributed by atoms with Crippen molar-refractivity contribution in [1.82, 2.24) is 4.90 Å². The van der Waals surface area contributed by atoms with Gasteiger partial charge in [0, 0.05) is 18.8 Å². The average molecular weight is 290 g/mol. The molecule has 0 unspecified atom stereocenters. The zero-order valence-corrected chi connectivity index (χ0v) is 13.1. The molecule has 0 saturated heterocycles. The van der Waals surface area contributed by atoms with Gasteiger partial charge in [-0.05, 0) is 30.5 Å². The van der Waals surface area contributed by atoms with Crippen LogP contribution >= 0.6 is 11.8 Å². The lowest BCUT2D eigenvalue weighted by Crippen LogP contribution is -2.33. The fourth-order valence-corrected chi connectivity index (χ4v) is 2.85. The molecular formula is C16H22N2OS. The summed E-state index contributed by atoms with van der Waals surface area (Å²) in [5.41, 5.74) is 1.77. The highest BCUT2D eigenvalue weighted by Gasteiger charge is 2.11. The molecule has 0 heterocycles. The molecule has 1 aromatic rings. The van der Waals surface area contributed by atoms with E-state index in [0.29, 0.717) is 11.3 Å². The van der Waals surface area contributed by atoms with Crippen molar-refractivity contribution in [2.24, 2.45) is 0 Å². The Morgan fingerprint density at radius 3 is 2.60 bits per heavy atom. The van der Waals surface area contributed by atoms with Crippen molar-refractivity contribution < 1.29 is 4.79 Å². The molecule has 0 aliphatic heterocycles. The van der Waals surface area contributed by atoms with Crippen molar-refractivity contribution in [2.45, 2.75) is 32.4 Å². The summed E-state index contributed by atoms with van der Waals surface area (Å²) < 4.78 is 0. The summed E-state index contributed by atoms with van der Waals surface area (Å²) >= 11 is 1.61. The van der Waals surface area contributed by atoms with Gasteiger partial charge in [-0.1, -0.05) is 26.0 Å². The summed E-state index contributed by atoms with van der Waals surface area (Å²) in [5, 5.41) is 8.85. The van der Waals surface area contributed by atoms with E-state index in [4.69, 9.17) is 5.26 Å². The van der Waals surface area contributed by atoms with Gasteiger partial charge in [0.25, 0.3) is 0 Å². The second-order valence-corrected chi connectivity index (χ2v) is 5.67. The first-order valence-corrected chi connectivity index (χ1v) is 8.21. The van der Waals surface area contributed by atoms with Crippen molar-refractivity contribution in [3.8, 4) is 6.07 Å². The summed E-state index contributed by atoms with van der Waals surface area (Å²) in [7, 11) is 0. The Balaban J connectivity index is 2.42. The lowest BCUT2D eigenvalue weighted by molar-refractivity contribution is -0.128. The molecule has 0 atom stereocenters. The third-order valence-electron chi connectivity index (χ3n) is 2.89. The molecule has 108 valence electrons. The van der Waals surface area contributed by atoms with Gasteiger partial charge in [-0.25, -0.2) is 0 Å². The molecule has 0 aromatic heterocycles. The van der Waals surface area contributed by atoms with Crippen LogP contribution in [0.5, 0.6) is 0 Å². The molecule has 0 N–H and O–H groups in total. The Hall–Kier alpha value is -1.47. The van der Waals surface area contributed by atoms with Crippen LogP contribution in [-0.2, 0) is 10.5 Å². The minimum absolute atomic E-state index is 0.218. The van der Waals surface area contributed by atoms with E-state index in [-0.39, 0.29) is 5.91 Å². The highest BCUT2D eigenvalue weighted by molar-refractivity contribution is 7.99. The van der Waals surface area contributed by atoms with Crippen LogP contribution in [0, 0.1) is 11.3 Å². The lowest BCUT2D eigenvalue weighted by Gasteiger charge is -2.21. The molecule has 0 spiro atoms. The Morgan fingerprint density at radius 1 is 1.30 bits per heavy atom. The third kappa shape index (κ3) is 5.66. The SMILES string of the molecule is CCCN(CCC)C(=O)CSCc1cccc(C#N)c1. The maximum Gasteiger partial charge on any atom is 0.232 e. The summed E-state index contributed by atoms with van der Waals surface area (Å²) in [6, 6.07) is 9.69. The van der Waals surface area contributed by atoms with Gasteiger partial charge in [0.05, 0.1) is 17.4 Å². The van der Waals surface area contributed by atoms with E-state index < -0.39 is 0 Å². The smallest absolute Gasteiger partial charge is 0.232 e. The van der Waals surface area contributed by atoms with E-state index in [0.717, 1.165) is 37.2 Å². The van der Waals surface area contributed by atoms with Crippen LogP contribution in [0.15, 0.2) is 24.3 Å². The fraction of sp³-hybridized carbons (Fsp3) is 0.500. The van der Waals surface area contributed by atoms with Gasteiger partial charge in [0.1, 0.15) is 0 Å². The molecule has 0 bridgehead atoms. The monoisotopic (exact) mass is 290 g/mol. The van der Waals surface area contributed by atoms with Crippen LogP contribution < -0.4 is 0 Å². The number of nitrogens with zero attached hydrogens (tertiary/aromatic N) is 2. The third-order valence-corrected chi connectivity index (χ3v) is 3.88. The normalized spacial score (nSPS) is 10.1. The van der Waals surface area contributed by atoms with Gasteiger partial charge < -0.3 is 4.90 Å². The Kier molecular flexibility index (Phi) is 7.82. The van der Waals surface area contributed by atoms with Gasteiger partial charge in [-0.2, -0.15) is 5.26 Å².